The van der Waals surface area contributed by atoms with Crippen molar-refractivity contribution in [2.45, 2.75) is 0 Å². The van der Waals surface area contributed by atoms with Gasteiger partial charge >= 0.3 is 0 Å². The van der Waals surface area contributed by atoms with Crippen LogP contribution in [0.15, 0.2) is 24.4 Å². The standard InChI is InChI=1S/C11H19N3O/c1-13(9-10-15)7-8-14(2)11-5-3-4-6-12-11/h3-6,15H,7-10H2,1-2H3. The van der Waals surface area contributed by atoms with E-state index < -0.39 is 0 Å². The molecule has 4 heteroatoms. The zero-order chi connectivity index (χ0) is 11.1. The second kappa shape index (κ2) is 6.37. The largest absolute Gasteiger partial charge is 0.395 e. The molecule has 0 aliphatic carbocycles. The first-order valence-corrected chi connectivity index (χ1v) is 5.15. The van der Waals surface area contributed by atoms with E-state index in [4.69, 9.17) is 5.11 Å². The Morgan fingerprint density at radius 1 is 1.20 bits per heavy atom. The van der Waals surface area contributed by atoms with Crippen LogP contribution in [-0.2, 0) is 0 Å². The third kappa shape index (κ3) is 4.27. The molecule has 0 saturated heterocycles. The van der Waals surface area contributed by atoms with Gasteiger partial charge in [0.05, 0.1) is 6.61 Å². The van der Waals surface area contributed by atoms with Crippen molar-refractivity contribution in [3.8, 4) is 0 Å². The van der Waals surface area contributed by atoms with Crippen LogP contribution < -0.4 is 4.90 Å². The maximum absolute atomic E-state index is 8.75. The molecule has 0 saturated carbocycles. The Morgan fingerprint density at radius 3 is 2.60 bits per heavy atom. The maximum atomic E-state index is 8.75. The van der Waals surface area contributed by atoms with Crippen LogP contribution in [0.2, 0.25) is 0 Å². The third-order valence-electron chi connectivity index (χ3n) is 2.34. The minimum Gasteiger partial charge on any atom is -0.395 e. The summed E-state index contributed by atoms with van der Waals surface area (Å²) in [4.78, 5) is 8.46. The highest BCUT2D eigenvalue weighted by atomic mass is 16.3. The minimum atomic E-state index is 0.212. The van der Waals surface area contributed by atoms with Crippen molar-refractivity contribution in [1.82, 2.24) is 9.88 Å². The average Bonchev–Trinajstić information content (AvgIpc) is 2.27. The monoisotopic (exact) mass is 209 g/mol. The molecular weight excluding hydrogens is 190 g/mol. The predicted molar refractivity (Wildman–Crippen MR) is 62.1 cm³/mol. The van der Waals surface area contributed by atoms with Crippen molar-refractivity contribution in [3.05, 3.63) is 24.4 Å². The van der Waals surface area contributed by atoms with Gasteiger partial charge in [-0.05, 0) is 19.2 Å². The van der Waals surface area contributed by atoms with Gasteiger partial charge in [0.15, 0.2) is 0 Å². The molecule has 1 aromatic rings. The highest BCUT2D eigenvalue weighted by molar-refractivity contribution is 5.36. The summed E-state index contributed by atoms with van der Waals surface area (Å²) in [6, 6.07) is 5.89. The molecule has 0 unspecified atom stereocenters. The summed E-state index contributed by atoms with van der Waals surface area (Å²) >= 11 is 0. The van der Waals surface area contributed by atoms with Gasteiger partial charge in [0.25, 0.3) is 0 Å². The summed E-state index contributed by atoms with van der Waals surface area (Å²) in [5, 5.41) is 8.75. The number of aliphatic hydroxyl groups excluding tert-OH is 1. The molecule has 0 fully saturated rings. The molecule has 0 radical (unpaired) electrons. The topological polar surface area (TPSA) is 39.6 Å². The quantitative estimate of drug-likeness (QED) is 0.738. The van der Waals surface area contributed by atoms with Crippen LogP contribution in [0.3, 0.4) is 0 Å². The molecule has 0 aliphatic heterocycles. The van der Waals surface area contributed by atoms with Gasteiger partial charge in [0.2, 0.25) is 0 Å². The van der Waals surface area contributed by atoms with Gasteiger partial charge in [-0.2, -0.15) is 0 Å². The lowest BCUT2D eigenvalue weighted by molar-refractivity contribution is 0.224. The van der Waals surface area contributed by atoms with E-state index in [-0.39, 0.29) is 6.61 Å². The van der Waals surface area contributed by atoms with Gasteiger partial charge in [0, 0.05) is 32.9 Å². The van der Waals surface area contributed by atoms with E-state index >= 15 is 0 Å². The zero-order valence-corrected chi connectivity index (χ0v) is 9.43. The van der Waals surface area contributed by atoms with Crippen molar-refractivity contribution < 1.29 is 5.11 Å². The third-order valence-corrected chi connectivity index (χ3v) is 2.34. The number of rotatable bonds is 6. The number of hydrogen-bond donors (Lipinski definition) is 1. The highest BCUT2D eigenvalue weighted by Gasteiger charge is 2.02. The summed E-state index contributed by atoms with van der Waals surface area (Å²) in [7, 11) is 4.03. The first-order chi connectivity index (χ1) is 7.24. The summed E-state index contributed by atoms with van der Waals surface area (Å²) in [5.74, 6) is 0.981. The van der Waals surface area contributed by atoms with E-state index in [0.29, 0.717) is 0 Å². The SMILES string of the molecule is CN(CCO)CCN(C)c1ccccn1. The fourth-order valence-corrected chi connectivity index (χ4v) is 1.30. The second-order valence-corrected chi connectivity index (χ2v) is 3.64. The fourth-order valence-electron chi connectivity index (χ4n) is 1.30. The molecule has 0 spiro atoms. The number of aromatic nitrogens is 1. The Labute approximate surface area is 91.2 Å². The van der Waals surface area contributed by atoms with Crippen molar-refractivity contribution in [2.75, 3.05) is 45.2 Å². The molecule has 15 heavy (non-hydrogen) atoms. The fraction of sp³-hybridized carbons (Fsp3) is 0.545. The predicted octanol–water partition coefficient (Wildman–Crippen LogP) is 0.442. The lowest BCUT2D eigenvalue weighted by atomic mass is 10.4. The number of pyridine rings is 1. The first-order valence-electron chi connectivity index (χ1n) is 5.15. The van der Waals surface area contributed by atoms with Crippen molar-refractivity contribution in [2.24, 2.45) is 0 Å². The molecule has 4 nitrogen and oxygen atoms in total. The van der Waals surface area contributed by atoms with Crippen LogP contribution in [-0.4, -0.2) is 55.3 Å². The molecule has 84 valence electrons. The van der Waals surface area contributed by atoms with E-state index in [1.54, 1.807) is 6.20 Å². The van der Waals surface area contributed by atoms with E-state index in [0.717, 1.165) is 25.5 Å². The van der Waals surface area contributed by atoms with Crippen molar-refractivity contribution in [3.63, 3.8) is 0 Å². The Bertz CT molecular complexity index is 266. The Kier molecular flexibility index (Phi) is 5.07. The van der Waals surface area contributed by atoms with Gasteiger partial charge in [-0.15, -0.1) is 0 Å². The Balaban J connectivity index is 2.33. The lowest BCUT2D eigenvalue weighted by Crippen LogP contribution is -2.32. The van der Waals surface area contributed by atoms with Gasteiger partial charge in [-0.3, -0.25) is 0 Å². The van der Waals surface area contributed by atoms with Crippen LogP contribution in [0.25, 0.3) is 0 Å². The molecular formula is C11H19N3O. The maximum Gasteiger partial charge on any atom is 0.128 e. The van der Waals surface area contributed by atoms with Gasteiger partial charge in [-0.1, -0.05) is 6.07 Å². The minimum absolute atomic E-state index is 0.212. The number of aliphatic hydroxyl groups is 1. The summed E-state index contributed by atoms with van der Waals surface area (Å²) in [6.45, 7) is 2.76. The van der Waals surface area contributed by atoms with Crippen LogP contribution in [0, 0.1) is 0 Å². The highest BCUT2D eigenvalue weighted by Crippen LogP contribution is 2.05. The van der Waals surface area contributed by atoms with Crippen LogP contribution in [0.4, 0.5) is 5.82 Å². The number of hydrogen-bond acceptors (Lipinski definition) is 4. The van der Waals surface area contributed by atoms with Gasteiger partial charge in [-0.25, -0.2) is 4.98 Å². The normalized spacial score (nSPS) is 10.7. The number of nitrogens with zero attached hydrogens (tertiary/aromatic N) is 3. The van der Waals surface area contributed by atoms with Gasteiger partial charge in [0.1, 0.15) is 5.82 Å². The van der Waals surface area contributed by atoms with Crippen molar-refractivity contribution in [1.29, 1.82) is 0 Å². The Hall–Kier alpha value is -1.13. The van der Waals surface area contributed by atoms with Crippen LogP contribution in [0.1, 0.15) is 0 Å². The molecule has 1 N–H and O–H groups in total. The van der Waals surface area contributed by atoms with E-state index in [2.05, 4.69) is 14.8 Å². The average molecular weight is 209 g/mol. The summed E-state index contributed by atoms with van der Waals surface area (Å²) < 4.78 is 0. The van der Waals surface area contributed by atoms with E-state index in [9.17, 15) is 0 Å². The summed E-state index contributed by atoms with van der Waals surface area (Å²) in [5.41, 5.74) is 0. The molecule has 0 amide bonds. The summed E-state index contributed by atoms with van der Waals surface area (Å²) in [6.07, 6.45) is 1.79. The molecule has 0 aliphatic rings. The Morgan fingerprint density at radius 2 is 2.00 bits per heavy atom. The number of anilines is 1. The molecule has 0 aromatic carbocycles. The molecule has 0 atom stereocenters. The molecule has 0 bridgehead atoms. The van der Waals surface area contributed by atoms with E-state index in [1.165, 1.54) is 0 Å². The second-order valence-electron chi connectivity index (χ2n) is 3.64. The van der Waals surface area contributed by atoms with Crippen molar-refractivity contribution >= 4 is 5.82 Å². The van der Waals surface area contributed by atoms with Crippen LogP contribution in [0.5, 0.6) is 0 Å². The van der Waals surface area contributed by atoms with Gasteiger partial charge < -0.3 is 14.9 Å². The molecule has 1 aromatic heterocycles. The van der Waals surface area contributed by atoms with Crippen LogP contribution >= 0.6 is 0 Å². The lowest BCUT2D eigenvalue weighted by Gasteiger charge is -2.22. The molecule has 1 rings (SSSR count). The zero-order valence-electron chi connectivity index (χ0n) is 9.43. The molecule has 1 heterocycles. The van der Waals surface area contributed by atoms with E-state index in [1.807, 2.05) is 32.3 Å². The first kappa shape index (κ1) is 11.9. The smallest absolute Gasteiger partial charge is 0.128 e. The number of likely N-dealkylation sites (N-methyl/N-ethyl adjacent to an activating group) is 2.